The SMILES string of the molecule is CC(C)C(OC(=O)C[C@H](NCc1ccccc1)C1CCCCC1)C(C)C. The van der Waals surface area contributed by atoms with E-state index in [0.29, 0.717) is 24.2 Å². The molecule has 0 aromatic heterocycles. The van der Waals surface area contributed by atoms with Crippen molar-refractivity contribution in [2.24, 2.45) is 17.8 Å². The molecule has 1 atom stereocenters. The van der Waals surface area contributed by atoms with E-state index in [-0.39, 0.29) is 18.1 Å². The number of carbonyl (C=O) groups is 1. The zero-order valence-corrected chi connectivity index (χ0v) is 17.0. The summed E-state index contributed by atoms with van der Waals surface area (Å²) in [5, 5.41) is 3.67. The van der Waals surface area contributed by atoms with Crippen LogP contribution in [0.3, 0.4) is 0 Å². The number of esters is 1. The van der Waals surface area contributed by atoms with Gasteiger partial charge in [0.2, 0.25) is 0 Å². The Bertz CT molecular complexity index is 512. The van der Waals surface area contributed by atoms with Gasteiger partial charge in [-0.15, -0.1) is 0 Å². The van der Waals surface area contributed by atoms with Gasteiger partial charge in [0.05, 0.1) is 6.42 Å². The summed E-state index contributed by atoms with van der Waals surface area (Å²) in [6.07, 6.45) is 6.81. The number of carbonyl (C=O) groups excluding carboxylic acids is 1. The molecule has 0 spiro atoms. The molecule has 1 aromatic carbocycles. The normalized spacial score (nSPS) is 17.0. The summed E-state index contributed by atoms with van der Waals surface area (Å²) in [7, 11) is 0. The molecule has 0 unspecified atom stereocenters. The molecule has 26 heavy (non-hydrogen) atoms. The van der Waals surface area contributed by atoms with Crippen molar-refractivity contribution in [2.45, 2.75) is 84.9 Å². The fourth-order valence-electron chi connectivity index (χ4n) is 4.21. The van der Waals surface area contributed by atoms with Crippen molar-refractivity contribution in [3.63, 3.8) is 0 Å². The van der Waals surface area contributed by atoms with Gasteiger partial charge in [-0.2, -0.15) is 0 Å². The molecule has 3 heteroatoms. The number of rotatable bonds is 9. The van der Waals surface area contributed by atoms with Crippen LogP contribution in [0.2, 0.25) is 0 Å². The first kappa shape index (κ1) is 21.0. The molecule has 1 aliphatic rings. The van der Waals surface area contributed by atoms with Gasteiger partial charge in [-0.25, -0.2) is 0 Å². The van der Waals surface area contributed by atoms with Gasteiger partial charge in [-0.05, 0) is 36.2 Å². The Morgan fingerprint density at radius 3 is 2.23 bits per heavy atom. The van der Waals surface area contributed by atoms with Crippen molar-refractivity contribution in [3.8, 4) is 0 Å². The molecule has 146 valence electrons. The molecule has 1 aromatic rings. The lowest BCUT2D eigenvalue weighted by molar-refractivity contribution is -0.155. The zero-order chi connectivity index (χ0) is 18.9. The van der Waals surface area contributed by atoms with Crippen LogP contribution in [0.1, 0.15) is 71.8 Å². The van der Waals surface area contributed by atoms with E-state index >= 15 is 0 Å². The minimum absolute atomic E-state index is 0.00336. The second-order valence-corrected chi connectivity index (χ2v) is 8.52. The highest BCUT2D eigenvalue weighted by Crippen LogP contribution is 2.28. The minimum atomic E-state index is -0.0477. The Hall–Kier alpha value is -1.35. The third-order valence-corrected chi connectivity index (χ3v) is 5.60. The lowest BCUT2D eigenvalue weighted by Gasteiger charge is -2.32. The molecule has 0 aliphatic heterocycles. The van der Waals surface area contributed by atoms with Crippen LogP contribution in [0.25, 0.3) is 0 Å². The third-order valence-electron chi connectivity index (χ3n) is 5.60. The van der Waals surface area contributed by atoms with E-state index in [1.165, 1.54) is 37.7 Å². The highest BCUT2D eigenvalue weighted by atomic mass is 16.5. The van der Waals surface area contributed by atoms with Gasteiger partial charge in [0.1, 0.15) is 6.10 Å². The Morgan fingerprint density at radius 2 is 1.65 bits per heavy atom. The van der Waals surface area contributed by atoms with E-state index < -0.39 is 0 Å². The van der Waals surface area contributed by atoms with Crippen molar-refractivity contribution < 1.29 is 9.53 Å². The van der Waals surface area contributed by atoms with Gasteiger partial charge in [-0.1, -0.05) is 77.3 Å². The van der Waals surface area contributed by atoms with Crippen LogP contribution >= 0.6 is 0 Å². The highest BCUT2D eigenvalue weighted by molar-refractivity contribution is 5.70. The monoisotopic (exact) mass is 359 g/mol. The maximum atomic E-state index is 12.7. The van der Waals surface area contributed by atoms with E-state index in [1.807, 2.05) is 6.07 Å². The summed E-state index contributed by atoms with van der Waals surface area (Å²) in [4.78, 5) is 12.7. The van der Waals surface area contributed by atoms with E-state index in [0.717, 1.165) is 6.54 Å². The average Bonchev–Trinajstić information content (AvgIpc) is 2.64. The van der Waals surface area contributed by atoms with Crippen molar-refractivity contribution >= 4 is 5.97 Å². The van der Waals surface area contributed by atoms with Crippen molar-refractivity contribution in [1.29, 1.82) is 0 Å². The van der Waals surface area contributed by atoms with E-state index in [4.69, 9.17) is 4.74 Å². The summed E-state index contributed by atoms with van der Waals surface area (Å²) >= 11 is 0. The molecule has 3 nitrogen and oxygen atoms in total. The smallest absolute Gasteiger partial charge is 0.307 e. The molecule has 0 saturated heterocycles. The summed E-state index contributed by atoms with van der Waals surface area (Å²) in [5.74, 6) is 1.24. The summed E-state index contributed by atoms with van der Waals surface area (Å²) in [6.45, 7) is 9.33. The van der Waals surface area contributed by atoms with Gasteiger partial charge < -0.3 is 10.1 Å². The molecule has 0 amide bonds. The molecule has 0 bridgehead atoms. The van der Waals surface area contributed by atoms with Gasteiger partial charge in [0, 0.05) is 12.6 Å². The van der Waals surface area contributed by atoms with Gasteiger partial charge >= 0.3 is 5.97 Å². The second kappa shape index (κ2) is 10.7. The maximum absolute atomic E-state index is 12.7. The van der Waals surface area contributed by atoms with Crippen LogP contribution in [0.5, 0.6) is 0 Å². The highest BCUT2D eigenvalue weighted by Gasteiger charge is 2.28. The van der Waals surface area contributed by atoms with Crippen LogP contribution in [-0.4, -0.2) is 18.1 Å². The van der Waals surface area contributed by atoms with Crippen LogP contribution in [0, 0.1) is 17.8 Å². The molecule has 1 fully saturated rings. The maximum Gasteiger partial charge on any atom is 0.307 e. The van der Waals surface area contributed by atoms with Crippen molar-refractivity contribution in [3.05, 3.63) is 35.9 Å². The summed E-state index contributed by atoms with van der Waals surface area (Å²) < 4.78 is 5.87. The first-order chi connectivity index (χ1) is 12.5. The number of nitrogens with one attached hydrogen (secondary N) is 1. The Balaban J connectivity index is 1.97. The number of hydrogen-bond donors (Lipinski definition) is 1. The topological polar surface area (TPSA) is 38.3 Å². The first-order valence-corrected chi connectivity index (χ1v) is 10.4. The molecular formula is C23H37NO2. The Labute approximate surface area is 159 Å². The molecule has 0 heterocycles. The first-order valence-electron chi connectivity index (χ1n) is 10.4. The molecule has 2 rings (SSSR count). The molecule has 1 N–H and O–H groups in total. The summed E-state index contributed by atoms with van der Waals surface area (Å²) in [6, 6.07) is 10.7. The lowest BCUT2D eigenvalue weighted by atomic mass is 9.82. The van der Waals surface area contributed by atoms with Crippen molar-refractivity contribution in [1.82, 2.24) is 5.32 Å². The average molecular weight is 360 g/mol. The fourth-order valence-corrected chi connectivity index (χ4v) is 4.21. The molecular weight excluding hydrogens is 322 g/mol. The second-order valence-electron chi connectivity index (χ2n) is 8.52. The molecule has 1 aliphatic carbocycles. The molecule has 1 saturated carbocycles. The standard InChI is InChI=1S/C23H37NO2/c1-17(2)23(18(3)4)26-22(25)15-21(20-13-9-6-10-14-20)24-16-19-11-7-5-8-12-19/h5,7-8,11-12,17-18,20-21,23-24H,6,9-10,13-16H2,1-4H3/t21-/m0/s1. The largest absolute Gasteiger partial charge is 0.462 e. The Morgan fingerprint density at radius 1 is 1.04 bits per heavy atom. The predicted molar refractivity (Wildman–Crippen MR) is 108 cm³/mol. The van der Waals surface area contributed by atoms with E-state index in [1.54, 1.807) is 0 Å². The van der Waals surface area contributed by atoms with Crippen LogP contribution in [-0.2, 0) is 16.1 Å². The van der Waals surface area contributed by atoms with Crippen LogP contribution < -0.4 is 5.32 Å². The number of benzene rings is 1. The van der Waals surface area contributed by atoms with Crippen LogP contribution in [0.15, 0.2) is 30.3 Å². The quantitative estimate of drug-likeness (QED) is 0.605. The van der Waals surface area contributed by atoms with Crippen LogP contribution in [0.4, 0.5) is 0 Å². The van der Waals surface area contributed by atoms with Gasteiger partial charge in [0.25, 0.3) is 0 Å². The minimum Gasteiger partial charge on any atom is -0.462 e. The molecule has 0 radical (unpaired) electrons. The third kappa shape index (κ3) is 6.75. The number of ether oxygens (including phenoxy) is 1. The van der Waals surface area contributed by atoms with Gasteiger partial charge in [0.15, 0.2) is 0 Å². The van der Waals surface area contributed by atoms with Gasteiger partial charge in [-0.3, -0.25) is 4.79 Å². The van der Waals surface area contributed by atoms with E-state index in [2.05, 4.69) is 57.3 Å². The zero-order valence-electron chi connectivity index (χ0n) is 17.0. The fraction of sp³-hybridized carbons (Fsp3) is 0.696. The number of hydrogen-bond acceptors (Lipinski definition) is 3. The van der Waals surface area contributed by atoms with E-state index in [9.17, 15) is 4.79 Å². The summed E-state index contributed by atoms with van der Waals surface area (Å²) in [5.41, 5.74) is 1.27. The predicted octanol–water partition coefficient (Wildman–Crippen LogP) is 5.34. The van der Waals surface area contributed by atoms with Crippen molar-refractivity contribution in [2.75, 3.05) is 0 Å². The Kier molecular flexibility index (Phi) is 8.64. The lowest BCUT2D eigenvalue weighted by Crippen LogP contribution is -2.40.